The Morgan fingerprint density at radius 2 is 2.15 bits per heavy atom. The summed E-state index contributed by atoms with van der Waals surface area (Å²) in [7, 11) is 0. The molecule has 0 spiro atoms. The summed E-state index contributed by atoms with van der Waals surface area (Å²) in [5.41, 5.74) is 2.58. The van der Waals surface area contributed by atoms with Crippen LogP contribution in [0, 0.1) is 11.2 Å². The van der Waals surface area contributed by atoms with Gasteiger partial charge < -0.3 is 9.88 Å². The van der Waals surface area contributed by atoms with Crippen molar-refractivity contribution in [3.05, 3.63) is 78.1 Å². The molecule has 3 aromatic rings. The van der Waals surface area contributed by atoms with Crippen LogP contribution >= 0.6 is 0 Å². The molecule has 0 aliphatic carbocycles. The van der Waals surface area contributed by atoms with Crippen molar-refractivity contribution in [2.75, 3.05) is 6.54 Å². The molecule has 0 bridgehead atoms. The number of hydrogen-bond donors (Lipinski definition) is 2. The molecule has 5 nitrogen and oxygen atoms in total. The number of nitrogens with one attached hydrogen (secondary N) is 2. The molecule has 1 aliphatic rings. The van der Waals surface area contributed by atoms with Gasteiger partial charge in [0.2, 0.25) is 0 Å². The number of nitrogens with zero attached hydrogens (tertiary/aromatic N) is 3. The maximum Gasteiger partial charge on any atom is 0.130 e. The molecule has 1 atom stereocenters. The molecule has 2 aromatic heterocycles. The van der Waals surface area contributed by atoms with Gasteiger partial charge >= 0.3 is 0 Å². The first-order chi connectivity index (χ1) is 13.2. The Hall–Kier alpha value is -3.28. The quantitative estimate of drug-likeness (QED) is 0.533. The predicted molar refractivity (Wildman–Crippen MR) is 104 cm³/mol. The van der Waals surface area contributed by atoms with E-state index in [9.17, 15) is 4.39 Å². The fourth-order valence-electron chi connectivity index (χ4n) is 3.44. The number of H-pyrrole nitrogens is 1. The van der Waals surface area contributed by atoms with Crippen molar-refractivity contribution in [2.24, 2.45) is 0 Å². The van der Waals surface area contributed by atoms with Crippen molar-refractivity contribution >= 4 is 11.9 Å². The first-order valence-electron chi connectivity index (χ1n) is 8.96. The first-order valence-corrected chi connectivity index (χ1v) is 8.96. The van der Waals surface area contributed by atoms with Gasteiger partial charge in [0.15, 0.2) is 0 Å². The van der Waals surface area contributed by atoms with E-state index in [2.05, 4.69) is 15.0 Å². The van der Waals surface area contributed by atoms with E-state index < -0.39 is 0 Å². The molecular weight excluding hydrogens is 341 g/mol. The van der Waals surface area contributed by atoms with E-state index in [1.807, 2.05) is 29.2 Å². The van der Waals surface area contributed by atoms with Gasteiger partial charge in [0.1, 0.15) is 17.5 Å². The van der Waals surface area contributed by atoms with Crippen molar-refractivity contribution < 1.29 is 4.39 Å². The minimum Gasteiger partial charge on any atom is -0.350 e. The summed E-state index contributed by atoms with van der Waals surface area (Å²) < 4.78 is 13.6. The molecule has 1 aromatic carbocycles. The van der Waals surface area contributed by atoms with Crippen LogP contribution in [0.5, 0.6) is 0 Å². The number of likely N-dealkylation sites (tertiary alicyclic amines) is 1. The summed E-state index contributed by atoms with van der Waals surface area (Å²) >= 11 is 0. The van der Waals surface area contributed by atoms with Crippen LogP contribution in [0.1, 0.15) is 30.3 Å². The SMILES string of the molecule is N=C(/C=C\c1ncc(-c2ccccn2)[nH]1)N1CCCC1c1cccc(F)c1. The van der Waals surface area contributed by atoms with Crippen LogP contribution in [0.4, 0.5) is 4.39 Å². The van der Waals surface area contributed by atoms with Gasteiger partial charge in [0.05, 0.1) is 23.6 Å². The van der Waals surface area contributed by atoms with Crippen LogP contribution in [0.15, 0.2) is 60.9 Å². The second-order valence-corrected chi connectivity index (χ2v) is 6.52. The molecule has 27 heavy (non-hydrogen) atoms. The lowest BCUT2D eigenvalue weighted by Gasteiger charge is -2.26. The Morgan fingerprint density at radius 3 is 2.96 bits per heavy atom. The lowest BCUT2D eigenvalue weighted by molar-refractivity contribution is 0.399. The zero-order chi connectivity index (χ0) is 18.6. The Morgan fingerprint density at radius 1 is 1.22 bits per heavy atom. The number of hydrogen-bond acceptors (Lipinski definition) is 3. The summed E-state index contributed by atoms with van der Waals surface area (Å²) in [5.74, 6) is 0.832. The topological polar surface area (TPSA) is 68.7 Å². The van der Waals surface area contributed by atoms with Crippen LogP contribution in [0.25, 0.3) is 17.5 Å². The number of aromatic amines is 1. The summed E-state index contributed by atoms with van der Waals surface area (Å²) in [6.07, 6.45) is 8.90. The molecule has 1 saturated heterocycles. The van der Waals surface area contributed by atoms with Crippen molar-refractivity contribution in [3.63, 3.8) is 0 Å². The average molecular weight is 361 g/mol. The number of imidazole rings is 1. The largest absolute Gasteiger partial charge is 0.350 e. The smallest absolute Gasteiger partial charge is 0.130 e. The fraction of sp³-hybridized carbons (Fsp3) is 0.190. The number of amidine groups is 1. The summed E-state index contributed by atoms with van der Waals surface area (Å²) in [5, 5.41) is 8.43. The van der Waals surface area contributed by atoms with Crippen LogP contribution in [-0.2, 0) is 0 Å². The third-order valence-corrected chi connectivity index (χ3v) is 4.73. The molecule has 0 saturated carbocycles. The molecular formula is C21H20FN5. The number of aromatic nitrogens is 3. The Labute approximate surface area is 157 Å². The molecule has 0 radical (unpaired) electrons. The van der Waals surface area contributed by atoms with Gasteiger partial charge in [0, 0.05) is 12.7 Å². The number of benzene rings is 1. The minimum atomic E-state index is -0.237. The second kappa shape index (κ2) is 7.53. The van der Waals surface area contributed by atoms with Crippen LogP contribution in [0.2, 0.25) is 0 Å². The molecule has 2 N–H and O–H groups in total. The Kier molecular flexibility index (Phi) is 4.78. The highest BCUT2D eigenvalue weighted by Gasteiger charge is 2.27. The number of rotatable bonds is 4. The van der Waals surface area contributed by atoms with Gasteiger partial charge in [-0.2, -0.15) is 0 Å². The van der Waals surface area contributed by atoms with Crippen molar-refractivity contribution in [1.29, 1.82) is 5.41 Å². The molecule has 4 rings (SSSR count). The monoisotopic (exact) mass is 361 g/mol. The molecule has 0 amide bonds. The van der Waals surface area contributed by atoms with E-state index in [1.165, 1.54) is 6.07 Å². The fourth-order valence-corrected chi connectivity index (χ4v) is 3.44. The number of pyridine rings is 1. The Bertz CT molecular complexity index is 963. The second-order valence-electron chi connectivity index (χ2n) is 6.52. The highest BCUT2D eigenvalue weighted by Crippen LogP contribution is 2.32. The molecule has 1 unspecified atom stereocenters. The maximum absolute atomic E-state index is 13.6. The lowest BCUT2D eigenvalue weighted by Crippen LogP contribution is -2.28. The third-order valence-electron chi connectivity index (χ3n) is 4.73. The van der Waals surface area contributed by atoms with Gasteiger partial charge in [-0.3, -0.25) is 10.4 Å². The van der Waals surface area contributed by atoms with E-state index in [4.69, 9.17) is 5.41 Å². The summed E-state index contributed by atoms with van der Waals surface area (Å²) in [6, 6.07) is 12.4. The summed E-state index contributed by atoms with van der Waals surface area (Å²) in [4.78, 5) is 13.8. The van der Waals surface area contributed by atoms with E-state index >= 15 is 0 Å². The molecule has 3 heterocycles. The minimum absolute atomic E-state index is 0.0403. The molecule has 6 heteroatoms. The van der Waals surface area contributed by atoms with Crippen LogP contribution in [0.3, 0.4) is 0 Å². The van der Waals surface area contributed by atoms with Crippen molar-refractivity contribution in [3.8, 4) is 11.4 Å². The first kappa shape index (κ1) is 17.1. The van der Waals surface area contributed by atoms with Crippen molar-refractivity contribution in [2.45, 2.75) is 18.9 Å². The van der Waals surface area contributed by atoms with Gasteiger partial charge in [-0.25, -0.2) is 9.37 Å². The average Bonchev–Trinajstić information content (AvgIpc) is 3.36. The highest BCUT2D eigenvalue weighted by atomic mass is 19.1. The molecule has 136 valence electrons. The zero-order valence-electron chi connectivity index (χ0n) is 14.8. The molecule has 1 aliphatic heterocycles. The highest BCUT2D eigenvalue weighted by molar-refractivity contribution is 5.94. The van der Waals surface area contributed by atoms with Crippen LogP contribution < -0.4 is 0 Å². The predicted octanol–water partition coefficient (Wildman–Crippen LogP) is 4.44. The zero-order valence-corrected chi connectivity index (χ0v) is 14.8. The Balaban J connectivity index is 1.48. The third kappa shape index (κ3) is 3.79. The number of halogens is 1. The van der Waals surface area contributed by atoms with Gasteiger partial charge in [-0.15, -0.1) is 0 Å². The normalized spacial score (nSPS) is 16.9. The van der Waals surface area contributed by atoms with Gasteiger partial charge in [-0.1, -0.05) is 18.2 Å². The van der Waals surface area contributed by atoms with Gasteiger partial charge in [-0.05, 0) is 54.8 Å². The van der Waals surface area contributed by atoms with E-state index in [-0.39, 0.29) is 11.9 Å². The van der Waals surface area contributed by atoms with Crippen molar-refractivity contribution in [1.82, 2.24) is 19.9 Å². The van der Waals surface area contributed by atoms with E-state index in [0.29, 0.717) is 11.7 Å². The summed E-state index contributed by atoms with van der Waals surface area (Å²) in [6.45, 7) is 0.793. The lowest BCUT2D eigenvalue weighted by atomic mass is 10.0. The van der Waals surface area contributed by atoms with E-state index in [0.717, 1.165) is 36.3 Å². The van der Waals surface area contributed by atoms with Crippen LogP contribution in [-0.4, -0.2) is 32.2 Å². The molecule has 1 fully saturated rings. The van der Waals surface area contributed by atoms with E-state index in [1.54, 1.807) is 36.7 Å². The maximum atomic E-state index is 13.6. The standard InChI is InChI=1S/C21H20FN5/c22-16-6-3-5-15(13-16)19-8-4-12-27(19)20(23)9-10-21-25-14-18(26-21)17-7-1-2-11-24-17/h1-3,5-7,9-11,13-14,19,23H,4,8,12H2,(H,25,26)/b10-9-,23-20?. The van der Waals surface area contributed by atoms with Gasteiger partial charge in [0.25, 0.3) is 0 Å².